The molecule has 0 aliphatic carbocycles. The SMILES string of the molecule is CCNC(Cc1cncs1)c1ccc(Cl)cn1. The molecule has 1 unspecified atom stereocenters. The van der Waals surface area contributed by atoms with Crippen LogP contribution in [-0.2, 0) is 6.42 Å². The first-order chi connectivity index (χ1) is 8.29. The summed E-state index contributed by atoms with van der Waals surface area (Å²) in [7, 11) is 0. The molecule has 2 rings (SSSR count). The van der Waals surface area contributed by atoms with Gasteiger partial charge in [-0.2, -0.15) is 0 Å². The van der Waals surface area contributed by atoms with Crippen molar-refractivity contribution in [3.63, 3.8) is 0 Å². The number of nitrogens with one attached hydrogen (secondary N) is 1. The van der Waals surface area contributed by atoms with Crippen molar-refractivity contribution in [2.24, 2.45) is 0 Å². The zero-order chi connectivity index (χ0) is 12.1. The molecule has 2 aromatic rings. The molecule has 0 aromatic carbocycles. The number of thiazole rings is 1. The Labute approximate surface area is 110 Å². The summed E-state index contributed by atoms with van der Waals surface area (Å²) in [5, 5.41) is 4.10. The van der Waals surface area contributed by atoms with Gasteiger partial charge in [0.05, 0.1) is 22.3 Å². The number of pyridine rings is 1. The van der Waals surface area contributed by atoms with Crippen molar-refractivity contribution in [2.45, 2.75) is 19.4 Å². The molecule has 0 fully saturated rings. The Hall–Kier alpha value is -0.970. The molecule has 3 nitrogen and oxygen atoms in total. The lowest BCUT2D eigenvalue weighted by Crippen LogP contribution is -2.23. The highest BCUT2D eigenvalue weighted by atomic mass is 35.5. The molecule has 2 heterocycles. The second kappa shape index (κ2) is 6.10. The van der Waals surface area contributed by atoms with E-state index in [2.05, 4.69) is 22.2 Å². The number of likely N-dealkylation sites (N-methyl/N-ethyl adjacent to an activating group) is 1. The minimum absolute atomic E-state index is 0.220. The Bertz CT molecular complexity index is 441. The standard InChI is InChI=1S/C12H14ClN3S/c1-2-15-12(5-10-7-14-8-17-10)11-4-3-9(13)6-16-11/h3-4,6-8,12,15H,2,5H2,1H3. The minimum Gasteiger partial charge on any atom is -0.309 e. The summed E-state index contributed by atoms with van der Waals surface area (Å²) >= 11 is 7.52. The Kier molecular flexibility index (Phi) is 4.48. The molecular formula is C12H14ClN3S. The molecule has 1 atom stereocenters. The predicted molar refractivity (Wildman–Crippen MR) is 71.5 cm³/mol. The zero-order valence-corrected chi connectivity index (χ0v) is 11.1. The van der Waals surface area contributed by atoms with Gasteiger partial charge in [-0.3, -0.25) is 9.97 Å². The van der Waals surface area contributed by atoms with Gasteiger partial charge in [0, 0.05) is 23.7 Å². The van der Waals surface area contributed by atoms with Crippen LogP contribution in [0.5, 0.6) is 0 Å². The summed E-state index contributed by atoms with van der Waals surface area (Å²) < 4.78 is 0. The number of nitrogens with zero attached hydrogens (tertiary/aromatic N) is 2. The van der Waals surface area contributed by atoms with E-state index in [-0.39, 0.29) is 6.04 Å². The van der Waals surface area contributed by atoms with Gasteiger partial charge in [-0.15, -0.1) is 11.3 Å². The smallest absolute Gasteiger partial charge is 0.0794 e. The average molecular weight is 268 g/mol. The number of rotatable bonds is 5. The molecule has 17 heavy (non-hydrogen) atoms. The van der Waals surface area contributed by atoms with Gasteiger partial charge >= 0.3 is 0 Å². The highest BCUT2D eigenvalue weighted by Gasteiger charge is 2.13. The van der Waals surface area contributed by atoms with E-state index in [9.17, 15) is 0 Å². The van der Waals surface area contributed by atoms with E-state index in [1.54, 1.807) is 17.5 Å². The Balaban J connectivity index is 2.13. The quantitative estimate of drug-likeness (QED) is 0.905. The second-order valence-electron chi connectivity index (χ2n) is 3.68. The van der Waals surface area contributed by atoms with Gasteiger partial charge in [-0.25, -0.2) is 0 Å². The van der Waals surface area contributed by atoms with Crippen LogP contribution in [0.1, 0.15) is 23.5 Å². The van der Waals surface area contributed by atoms with Crippen molar-refractivity contribution in [1.29, 1.82) is 0 Å². The van der Waals surface area contributed by atoms with E-state index in [1.165, 1.54) is 4.88 Å². The maximum atomic E-state index is 5.85. The molecule has 90 valence electrons. The van der Waals surface area contributed by atoms with Crippen LogP contribution in [0, 0.1) is 0 Å². The van der Waals surface area contributed by atoms with E-state index in [0.717, 1.165) is 18.7 Å². The van der Waals surface area contributed by atoms with Crippen LogP contribution < -0.4 is 5.32 Å². The number of aromatic nitrogens is 2. The monoisotopic (exact) mass is 267 g/mol. The summed E-state index contributed by atoms with van der Waals surface area (Å²) in [5.41, 5.74) is 2.87. The van der Waals surface area contributed by atoms with Gasteiger partial charge in [0.1, 0.15) is 0 Å². The molecular weight excluding hydrogens is 254 g/mol. The van der Waals surface area contributed by atoms with Crippen molar-refractivity contribution >= 4 is 22.9 Å². The van der Waals surface area contributed by atoms with Crippen molar-refractivity contribution < 1.29 is 0 Å². The Morgan fingerprint density at radius 1 is 1.41 bits per heavy atom. The first kappa shape index (κ1) is 12.5. The van der Waals surface area contributed by atoms with Gasteiger partial charge in [0.2, 0.25) is 0 Å². The van der Waals surface area contributed by atoms with Gasteiger partial charge in [0.25, 0.3) is 0 Å². The molecule has 1 N–H and O–H groups in total. The Morgan fingerprint density at radius 2 is 2.29 bits per heavy atom. The largest absolute Gasteiger partial charge is 0.309 e. The third kappa shape index (κ3) is 3.49. The topological polar surface area (TPSA) is 37.8 Å². The fourth-order valence-electron chi connectivity index (χ4n) is 1.67. The first-order valence-electron chi connectivity index (χ1n) is 5.51. The maximum absolute atomic E-state index is 5.85. The third-order valence-corrected chi connectivity index (χ3v) is 3.47. The summed E-state index contributed by atoms with van der Waals surface area (Å²) in [5.74, 6) is 0. The van der Waals surface area contributed by atoms with Gasteiger partial charge < -0.3 is 5.32 Å². The minimum atomic E-state index is 0.220. The summed E-state index contributed by atoms with van der Waals surface area (Å²) in [6.45, 7) is 3.00. The lowest BCUT2D eigenvalue weighted by atomic mass is 10.1. The molecule has 0 spiro atoms. The summed E-state index contributed by atoms with van der Waals surface area (Å²) in [6, 6.07) is 4.06. The van der Waals surface area contributed by atoms with E-state index in [4.69, 9.17) is 11.6 Å². The zero-order valence-electron chi connectivity index (χ0n) is 9.56. The lowest BCUT2D eigenvalue weighted by Gasteiger charge is -2.16. The summed E-state index contributed by atoms with van der Waals surface area (Å²) in [4.78, 5) is 9.72. The van der Waals surface area contributed by atoms with Crippen LogP contribution in [0.3, 0.4) is 0 Å². The van der Waals surface area contributed by atoms with Crippen molar-refractivity contribution in [2.75, 3.05) is 6.54 Å². The predicted octanol–water partition coefficient (Wildman–Crippen LogP) is 3.08. The van der Waals surface area contributed by atoms with Crippen LogP contribution in [0.2, 0.25) is 5.02 Å². The van der Waals surface area contributed by atoms with E-state index in [0.29, 0.717) is 5.02 Å². The van der Waals surface area contributed by atoms with Crippen molar-refractivity contribution in [1.82, 2.24) is 15.3 Å². The first-order valence-corrected chi connectivity index (χ1v) is 6.77. The van der Waals surface area contributed by atoms with Gasteiger partial charge in [0.15, 0.2) is 0 Å². The second-order valence-corrected chi connectivity index (χ2v) is 5.09. The molecule has 0 aliphatic rings. The fraction of sp³-hybridized carbons (Fsp3) is 0.333. The average Bonchev–Trinajstić information content (AvgIpc) is 2.82. The third-order valence-electron chi connectivity index (χ3n) is 2.45. The number of hydrogen-bond acceptors (Lipinski definition) is 4. The van der Waals surface area contributed by atoms with Crippen LogP contribution in [0.4, 0.5) is 0 Å². The number of halogens is 1. The summed E-state index contributed by atoms with van der Waals surface area (Å²) in [6.07, 6.45) is 4.51. The van der Waals surface area contributed by atoms with Crippen LogP contribution in [0.25, 0.3) is 0 Å². The number of hydrogen-bond donors (Lipinski definition) is 1. The molecule has 5 heteroatoms. The van der Waals surface area contributed by atoms with E-state index < -0.39 is 0 Å². The molecule has 0 radical (unpaired) electrons. The molecule has 0 amide bonds. The van der Waals surface area contributed by atoms with Crippen molar-refractivity contribution in [3.05, 3.63) is 45.6 Å². The van der Waals surface area contributed by atoms with E-state index >= 15 is 0 Å². The normalized spacial score (nSPS) is 12.6. The highest BCUT2D eigenvalue weighted by Crippen LogP contribution is 2.20. The van der Waals surface area contributed by atoms with Crippen LogP contribution in [0.15, 0.2) is 30.0 Å². The van der Waals surface area contributed by atoms with Crippen LogP contribution >= 0.6 is 22.9 Å². The highest BCUT2D eigenvalue weighted by molar-refractivity contribution is 7.09. The van der Waals surface area contributed by atoms with E-state index in [1.807, 2.05) is 23.8 Å². The van der Waals surface area contributed by atoms with Crippen LogP contribution in [-0.4, -0.2) is 16.5 Å². The molecule has 2 aromatic heterocycles. The van der Waals surface area contributed by atoms with Gasteiger partial charge in [-0.05, 0) is 18.7 Å². The molecule has 0 saturated heterocycles. The molecule has 0 bridgehead atoms. The fourth-order valence-corrected chi connectivity index (χ4v) is 2.42. The Morgan fingerprint density at radius 3 is 2.88 bits per heavy atom. The molecule has 0 aliphatic heterocycles. The maximum Gasteiger partial charge on any atom is 0.0794 e. The lowest BCUT2D eigenvalue weighted by molar-refractivity contribution is 0.540. The van der Waals surface area contributed by atoms with Crippen molar-refractivity contribution in [3.8, 4) is 0 Å². The van der Waals surface area contributed by atoms with Gasteiger partial charge in [-0.1, -0.05) is 18.5 Å². The molecule has 0 saturated carbocycles.